The highest BCUT2D eigenvalue weighted by molar-refractivity contribution is 5.44. The van der Waals surface area contributed by atoms with E-state index in [0.717, 1.165) is 37.6 Å². The summed E-state index contributed by atoms with van der Waals surface area (Å²) in [6, 6.07) is 10.1. The Kier molecular flexibility index (Phi) is 4.15. The first-order valence-electron chi connectivity index (χ1n) is 7.39. The van der Waals surface area contributed by atoms with E-state index in [-0.39, 0.29) is 0 Å². The lowest BCUT2D eigenvalue weighted by Crippen LogP contribution is -2.39. The molecule has 3 rings (SSSR count). The van der Waals surface area contributed by atoms with Crippen LogP contribution in [0.1, 0.15) is 18.4 Å². The van der Waals surface area contributed by atoms with Crippen molar-refractivity contribution in [2.45, 2.75) is 18.9 Å². The molecule has 22 heavy (non-hydrogen) atoms. The van der Waals surface area contributed by atoms with E-state index in [1.807, 2.05) is 25.2 Å². The first-order chi connectivity index (χ1) is 10.8. The summed E-state index contributed by atoms with van der Waals surface area (Å²) >= 11 is 0. The first-order valence-corrected chi connectivity index (χ1v) is 7.39. The molecule has 0 amide bonds. The van der Waals surface area contributed by atoms with Gasteiger partial charge in [0.1, 0.15) is 11.9 Å². The minimum absolute atomic E-state index is 0.402. The molecule has 1 aliphatic rings. The number of nitriles is 1. The Balaban J connectivity index is 1.70. The average Bonchev–Trinajstić information content (AvgIpc) is 3.04. The lowest BCUT2D eigenvalue weighted by molar-refractivity contribution is 0.643. The molecule has 0 N–H and O–H groups in total. The standard InChI is InChI=1S/C16H18N6/c1-21(15-7-6-13(10-17)11-18-15)12-14-4-3-9-22(14)16-5-2-8-19-20-16/h2,5-8,11,14H,3-4,9,12H2,1H3/t14-/m0/s1. The molecule has 2 aromatic rings. The maximum atomic E-state index is 8.83. The van der Waals surface area contributed by atoms with Crippen molar-refractivity contribution in [1.29, 1.82) is 5.26 Å². The Morgan fingerprint density at radius 1 is 1.41 bits per heavy atom. The Hall–Kier alpha value is -2.68. The van der Waals surface area contributed by atoms with E-state index < -0.39 is 0 Å². The Morgan fingerprint density at radius 3 is 3.00 bits per heavy atom. The molecule has 0 saturated carbocycles. The van der Waals surface area contributed by atoms with Crippen LogP contribution >= 0.6 is 0 Å². The number of nitrogens with zero attached hydrogens (tertiary/aromatic N) is 6. The van der Waals surface area contributed by atoms with Crippen LogP contribution in [0.4, 0.5) is 11.6 Å². The molecule has 1 aliphatic heterocycles. The summed E-state index contributed by atoms with van der Waals surface area (Å²) in [6.07, 6.45) is 5.61. The van der Waals surface area contributed by atoms with Gasteiger partial charge in [-0.05, 0) is 37.1 Å². The molecule has 1 atom stereocenters. The van der Waals surface area contributed by atoms with Crippen molar-refractivity contribution >= 4 is 11.6 Å². The molecule has 0 aliphatic carbocycles. The van der Waals surface area contributed by atoms with E-state index >= 15 is 0 Å². The van der Waals surface area contributed by atoms with Crippen LogP contribution in [0.25, 0.3) is 0 Å². The minimum Gasteiger partial charge on any atom is -0.358 e. The molecule has 112 valence electrons. The van der Waals surface area contributed by atoms with Gasteiger partial charge in [0.05, 0.1) is 5.56 Å². The number of likely N-dealkylation sites (N-methyl/N-ethyl adjacent to an activating group) is 1. The second-order valence-corrected chi connectivity index (χ2v) is 5.47. The van der Waals surface area contributed by atoms with Crippen LogP contribution in [-0.2, 0) is 0 Å². The molecule has 2 aromatic heterocycles. The molecule has 1 fully saturated rings. The summed E-state index contributed by atoms with van der Waals surface area (Å²) in [5.74, 6) is 1.82. The van der Waals surface area contributed by atoms with Gasteiger partial charge in [-0.15, -0.1) is 5.10 Å². The van der Waals surface area contributed by atoms with E-state index in [1.54, 1.807) is 18.5 Å². The molecule has 0 aromatic carbocycles. The summed E-state index contributed by atoms with van der Waals surface area (Å²) in [5.41, 5.74) is 0.583. The van der Waals surface area contributed by atoms with Crippen molar-refractivity contribution in [2.24, 2.45) is 0 Å². The highest BCUT2D eigenvalue weighted by atomic mass is 15.3. The van der Waals surface area contributed by atoms with Gasteiger partial charge in [0, 0.05) is 38.6 Å². The zero-order valence-corrected chi connectivity index (χ0v) is 12.6. The smallest absolute Gasteiger partial charge is 0.151 e. The summed E-state index contributed by atoms with van der Waals surface area (Å²) in [5, 5.41) is 17.0. The fraction of sp³-hybridized carbons (Fsp3) is 0.375. The predicted octanol–water partition coefficient (Wildman–Crippen LogP) is 1.85. The number of aromatic nitrogens is 3. The van der Waals surface area contributed by atoms with Gasteiger partial charge >= 0.3 is 0 Å². The minimum atomic E-state index is 0.402. The molecule has 0 spiro atoms. The maximum Gasteiger partial charge on any atom is 0.151 e. The van der Waals surface area contributed by atoms with Gasteiger partial charge in [0.25, 0.3) is 0 Å². The van der Waals surface area contributed by atoms with Crippen molar-refractivity contribution in [3.05, 3.63) is 42.2 Å². The van der Waals surface area contributed by atoms with E-state index in [2.05, 4.69) is 31.1 Å². The van der Waals surface area contributed by atoms with Gasteiger partial charge in [-0.2, -0.15) is 10.4 Å². The van der Waals surface area contributed by atoms with Gasteiger partial charge in [-0.1, -0.05) is 0 Å². The van der Waals surface area contributed by atoms with E-state index in [9.17, 15) is 0 Å². The summed E-state index contributed by atoms with van der Waals surface area (Å²) in [4.78, 5) is 8.78. The lowest BCUT2D eigenvalue weighted by Gasteiger charge is -2.29. The highest BCUT2D eigenvalue weighted by Crippen LogP contribution is 2.24. The lowest BCUT2D eigenvalue weighted by atomic mass is 10.2. The molecule has 0 unspecified atom stereocenters. The third-order valence-corrected chi connectivity index (χ3v) is 3.98. The maximum absolute atomic E-state index is 8.83. The fourth-order valence-corrected chi connectivity index (χ4v) is 2.86. The second kappa shape index (κ2) is 6.39. The van der Waals surface area contributed by atoms with Gasteiger partial charge in [-0.3, -0.25) is 0 Å². The number of hydrogen-bond donors (Lipinski definition) is 0. The molecule has 0 radical (unpaired) electrons. The molecule has 0 bridgehead atoms. The van der Waals surface area contributed by atoms with Gasteiger partial charge in [0.2, 0.25) is 0 Å². The fourth-order valence-electron chi connectivity index (χ4n) is 2.86. The summed E-state index contributed by atoms with van der Waals surface area (Å²) < 4.78 is 0. The molecular weight excluding hydrogens is 276 g/mol. The molecule has 6 heteroatoms. The van der Waals surface area contributed by atoms with Crippen LogP contribution < -0.4 is 9.80 Å². The monoisotopic (exact) mass is 294 g/mol. The highest BCUT2D eigenvalue weighted by Gasteiger charge is 2.27. The van der Waals surface area contributed by atoms with Gasteiger partial charge < -0.3 is 9.80 Å². The average molecular weight is 294 g/mol. The van der Waals surface area contributed by atoms with Crippen molar-refractivity contribution in [3.63, 3.8) is 0 Å². The van der Waals surface area contributed by atoms with Crippen LogP contribution in [0.15, 0.2) is 36.7 Å². The van der Waals surface area contributed by atoms with Crippen LogP contribution in [0.5, 0.6) is 0 Å². The van der Waals surface area contributed by atoms with Crippen molar-refractivity contribution in [1.82, 2.24) is 15.2 Å². The SMILES string of the molecule is CN(C[C@@H]1CCCN1c1cccnn1)c1ccc(C#N)cn1. The third-order valence-electron chi connectivity index (χ3n) is 3.98. The third kappa shape index (κ3) is 2.98. The normalized spacial score (nSPS) is 17.3. The van der Waals surface area contributed by atoms with Crippen molar-refractivity contribution in [3.8, 4) is 6.07 Å². The van der Waals surface area contributed by atoms with Crippen molar-refractivity contribution in [2.75, 3.05) is 29.9 Å². The van der Waals surface area contributed by atoms with Gasteiger partial charge in [0.15, 0.2) is 5.82 Å². The number of anilines is 2. The Morgan fingerprint density at radius 2 is 2.32 bits per heavy atom. The van der Waals surface area contributed by atoms with E-state index in [1.165, 1.54) is 0 Å². The molecule has 6 nitrogen and oxygen atoms in total. The Labute approximate surface area is 130 Å². The van der Waals surface area contributed by atoms with Crippen LogP contribution in [0.2, 0.25) is 0 Å². The predicted molar refractivity (Wildman–Crippen MR) is 84.6 cm³/mol. The first kappa shape index (κ1) is 14.3. The van der Waals surface area contributed by atoms with Crippen molar-refractivity contribution < 1.29 is 0 Å². The summed E-state index contributed by atoms with van der Waals surface area (Å²) in [7, 11) is 2.03. The molecule has 3 heterocycles. The summed E-state index contributed by atoms with van der Waals surface area (Å²) in [6.45, 7) is 1.88. The second-order valence-electron chi connectivity index (χ2n) is 5.47. The van der Waals surface area contributed by atoms with E-state index in [0.29, 0.717) is 11.6 Å². The zero-order valence-electron chi connectivity index (χ0n) is 12.6. The largest absolute Gasteiger partial charge is 0.358 e. The quantitative estimate of drug-likeness (QED) is 0.857. The number of rotatable bonds is 4. The zero-order chi connectivity index (χ0) is 15.4. The van der Waals surface area contributed by atoms with Crippen LogP contribution in [-0.4, -0.2) is 41.4 Å². The molecular formula is C16H18N6. The van der Waals surface area contributed by atoms with Gasteiger partial charge in [-0.25, -0.2) is 4.98 Å². The van der Waals surface area contributed by atoms with Crippen LogP contribution in [0.3, 0.4) is 0 Å². The van der Waals surface area contributed by atoms with Crippen LogP contribution in [0, 0.1) is 11.3 Å². The topological polar surface area (TPSA) is 68.9 Å². The number of hydrogen-bond acceptors (Lipinski definition) is 6. The Bertz CT molecular complexity index is 649. The van der Waals surface area contributed by atoms with E-state index in [4.69, 9.17) is 5.26 Å². The number of pyridine rings is 1. The molecule has 1 saturated heterocycles.